The highest BCUT2D eigenvalue weighted by Crippen LogP contribution is 2.26. The van der Waals surface area contributed by atoms with Gasteiger partial charge in [0, 0.05) is 5.56 Å². The van der Waals surface area contributed by atoms with Crippen LogP contribution in [-0.2, 0) is 4.79 Å². The summed E-state index contributed by atoms with van der Waals surface area (Å²) in [6.45, 7) is 0. The van der Waals surface area contributed by atoms with Crippen LogP contribution in [0.1, 0.15) is 5.56 Å². The predicted molar refractivity (Wildman–Crippen MR) is 68.4 cm³/mol. The Labute approximate surface area is 104 Å². The molecule has 0 unspecified atom stereocenters. The number of carbonyl (C=O) groups excluding carboxylic acids is 1. The van der Waals surface area contributed by atoms with Crippen molar-refractivity contribution in [3.05, 3.63) is 47.5 Å². The van der Waals surface area contributed by atoms with Crippen LogP contribution >= 0.6 is 0 Å². The number of hydrogen-bond acceptors (Lipinski definition) is 3. The molecule has 3 N–H and O–H groups in total. The summed E-state index contributed by atoms with van der Waals surface area (Å²) in [5.41, 5.74) is 5.25. The minimum Gasteiger partial charge on any atom is -0.507 e. The number of nitrogens with zero attached hydrogens (tertiary/aromatic N) is 1. The zero-order valence-corrected chi connectivity index (χ0v) is 9.42. The first kappa shape index (κ1) is 11.7. The summed E-state index contributed by atoms with van der Waals surface area (Å²) in [6, 6.07) is 12.5. The lowest BCUT2D eigenvalue weighted by Crippen LogP contribution is -2.12. The highest BCUT2D eigenvalue weighted by molar-refractivity contribution is 6.01. The Morgan fingerprint density at radius 3 is 2.44 bits per heavy atom. The van der Waals surface area contributed by atoms with E-state index >= 15 is 0 Å². The molecule has 0 aliphatic rings. The van der Waals surface area contributed by atoms with Crippen molar-refractivity contribution in [3.63, 3.8) is 0 Å². The van der Waals surface area contributed by atoms with Gasteiger partial charge in [-0.15, -0.1) is 0 Å². The van der Waals surface area contributed by atoms with Crippen molar-refractivity contribution < 1.29 is 9.90 Å². The largest absolute Gasteiger partial charge is 0.507 e. The van der Waals surface area contributed by atoms with Crippen molar-refractivity contribution >= 4 is 22.8 Å². The molecule has 0 heterocycles. The maximum absolute atomic E-state index is 11.0. The molecule has 0 aromatic heterocycles. The smallest absolute Gasteiger partial charge is 0.259 e. The molecule has 0 atom stereocenters. The SMILES string of the molecule is N#C/C(=C\c1cc2ccccc2cc1O)C(N)=O. The lowest BCUT2D eigenvalue weighted by atomic mass is 10.0. The van der Waals surface area contributed by atoms with Crippen molar-refractivity contribution in [2.75, 3.05) is 0 Å². The summed E-state index contributed by atoms with van der Waals surface area (Å²) >= 11 is 0. The number of nitriles is 1. The summed E-state index contributed by atoms with van der Waals surface area (Å²) < 4.78 is 0. The van der Waals surface area contributed by atoms with E-state index in [2.05, 4.69) is 0 Å². The Hall–Kier alpha value is -2.80. The number of phenolic OH excluding ortho intramolecular Hbond substituents is 1. The minimum absolute atomic E-state index is 0.00250. The van der Waals surface area contributed by atoms with Gasteiger partial charge in [-0.05, 0) is 29.0 Å². The van der Waals surface area contributed by atoms with Crippen LogP contribution in [0.25, 0.3) is 16.8 Å². The fraction of sp³-hybridized carbons (Fsp3) is 0. The van der Waals surface area contributed by atoms with Crippen molar-refractivity contribution in [1.82, 2.24) is 0 Å². The van der Waals surface area contributed by atoms with Gasteiger partial charge in [-0.3, -0.25) is 4.79 Å². The Balaban J connectivity index is 2.62. The molecular weight excluding hydrogens is 228 g/mol. The van der Waals surface area contributed by atoms with E-state index in [0.29, 0.717) is 5.56 Å². The summed E-state index contributed by atoms with van der Waals surface area (Å²) in [4.78, 5) is 11.0. The summed E-state index contributed by atoms with van der Waals surface area (Å²) in [7, 11) is 0. The van der Waals surface area contributed by atoms with Gasteiger partial charge in [0.15, 0.2) is 0 Å². The Kier molecular flexibility index (Phi) is 2.98. The van der Waals surface area contributed by atoms with Gasteiger partial charge >= 0.3 is 0 Å². The van der Waals surface area contributed by atoms with Crippen LogP contribution in [0.3, 0.4) is 0 Å². The number of phenols is 1. The molecule has 0 spiro atoms. The number of amides is 1. The quantitative estimate of drug-likeness (QED) is 0.619. The van der Waals surface area contributed by atoms with Crippen LogP contribution in [0.2, 0.25) is 0 Å². The third-order valence-corrected chi connectivity index (χ3v) is 2.58. The van der Waals surface area contributed by atoms with E-state index in [1.54, 1.807) is 18.2 Å². The van der Waals surface area contributed by atoms with Crippen LogP contribution in [-0.4, -0.2) is 11.0 Å². The lowest BCUT2D eigenvalue weighted by molar-refractivity contribution is -0.114. The third kappa shape index (κ3) is 2.15. The molecule has 0 aliphatic carbocycles. The van der Waals surface area contributed by atoms with Crippen molar-refractivity contribution in [2.45, 2.75) is 0 Å². The number of primary amides is 1. The monoisotopic (exact) mass is 238 g/mol. The fourth-order valence-electron chi connectivity index (χ4n) is 1.68. The number of fused-ring (bicyclic) bond motifs is 1. The molecule has 2 rings (SSSR count). The molecule has 4 heteroatoms. The number of benzene rings is 2. The van der Waals surface area contributed by atoms with E-state index in [9.17, 15) is 9.90 Å². The predicted octanol–water partition coefficient (Wildman–Crippen LogP) is 1.94. The number of rotatable bonds is 2. The van der Waals surface area contributed by atoms with Crippen LogP contribution in [0.4, 0.5) is 0 Å². The summed E-state index contributed by atoms with van der Waals surface area (Å²) in [6.07, 6.45) is 1.28. The van der Waals surface area contributed by atoms with Gasteiger partial charge in [-0.1, -0.05) is 24.3 Å². The number of aromatic hydroxyl groups is 1. The van der Waals surface area contributed by atoms with Gasteiger partial charge in [0.05, 0.1) is 0 Å². The first-order chi connectivity index (χ1) is 8.61. The zero-order valence-electron chi connectivity index (χ0n) is 9.42. The van der Waals surface area contributed by atoms with Crippen LogP contribution in [0.15, 0.2) is 42.0 Å². The van der Waals surface area contributed by atoms with Crippen molar-refractivity contribution in [1.29, 1.82) is 5.26 Å². The second-order valence-electron chi connectivity index (χ2n) is 3.79. The van der Waals surface area contributed by atoms with Crippen molar-refractivity contribution in [3.8, 4) is 11.8 Å². The molecule has 0 saturated heterocycles. The Morgan fingerprint density at radius 1 is 1.28 bits per heavy atom. The first-order valence-corrected chi connectivity index (χ1v) is 5.25. The molecule has 18 heavy (non-hydrogen) atoms. The van der Waals surface area contributed by atoms with Gasteiger partial charge < -0.3 is 10.8 Å². The Morgan fingerprint density at radius 2 is 1.89 bits per heavy atom. The van der Waals surface area contributed by atoms with E-state index in [1.807, 2.05) is 24.3 Å². The lowest BCUT2D eigenvalue weighted by Gasteiger charge is -2.03. The summed E-state index contributed by atoms with van der Waals surface area (Å²) in [5.74, 6) is -0.812. The first-order valence-electron chi connectivity index (χ1n) is 5.25. The zero-order chi connectivity index (χ0) is 13.1. The highest BCUT2D eigenvalue weighted by atomic mass is 16.3. The third-order valence-electron chi connectivity index (χ3n) is 2.58. The molecule has 2 aromatic carbocycles. The molecule has 1 amide bonds. The molecule has 0 bridgehead atoms. The minimum atomic E-state index is -0.815. The van der Waals surface area contributed by atoms with E-state index in [4.69, 9.17) is 11.0 Å². The summed E-state index contributed by atoms with van der Waals surface area (Å²) in [5, 5.41) is 20.4. The molecule has 4 nitrogen and oxygen atoms in total. The van der Waals surface area contributed by atoms with Gasteiger partial charge in [0.1, 0.15) is 17.4 Å². The Bertz CT molecular complexity index is 696. The molecule has 88 valence electrons. The van der Waals surface area contributed by atoms with E-state index < -0.39 is 5.91 Å². The highest BCUT2D eigenvalue weighted by Gasteiger charge is 2.07. The molecular formula is C14H10N2O2. The normalized spacial score (nSPS) is 11.2. The van der Waals surface area contributed by atoms with E-state index in [1.165, 1.54) is 6.08 Å². The van der Waals surface area contributed by atoms with Gasteiger partial charge in [-0.25, -0.2) is 0 Å². The standard InChI is InChI=1S/C14H10N2O2/c15-8-12(14(16)18)6-11-5-9-3-1-2-4-10(9)7-13(11)17/h1-7,17H,(H2,16,18)/b12-6+. The number of hydrogen-bond donors (Lipinski definition) is 2. The van der Waals surface area contributed by atoms with Gasteiger partial charge in [0.2, 0.25) is 0 Å². The second kappa shape index (κ2) is 4.60. The molecule has 0 saturated carbocycles. The average Bonchev–Trinajstić information content (AvgIpc) is 2.35. The number of carbonyl (C=O) groups is 1. The molecule has 0 radical (unpaired) electrons. The molecule has 0 fully saturated rings. The maximum Gasteiger partial charge on any atom is 0.259 e. The van der Waals surface area contributed by atoms with Gasteiger partial charge in [0.25, 0.3) is 5.91 Å². The molecule has 0 aliphatic heterocycles. The van der Waals surface area contributed by atoms with Crippen molar-refractivity contribution in [2.24, 2.45) is 5.73 Å². The molecule has 2 aromatic rings. The van der Waals surface area contributed by atoms with E-state index in [-0.39, 0.29) is 11.3 Å². The topological polar surface area (TPSA) is 87.1 Å². The van der Waals surface area contributed by atoms with Gasteiger partial charge in [-0.2, -0.15) is 5.26 Å². The van der Waals surface area contributed by atoms with Crippen LogP contribution < -0.4 is 5.73 Å². The van der Waals surface area contributed by atoms with Crippen LogP contribution in [0, 0.1) is 11.3 Å². The maximum atomic E-state index is 11.0. The fourth-order valence-corrected chi connectivity index (χ4v) is 1.68. The second-order valence-corrected chi connectivity index (χ2v) is 3.79. The number of nitrogens with two attached hydrogens (primary N) is 1. The average molecular weight is 238 g/mol. The van der Waals surface area contributed by atoms with Crippen LogP contribution in [0.5, 0.6) is 5.75 Å². The van der Waals surface area contributed by atoms with E-state index in [0.717, 1.165) is 10.8 Å².